The first-order chi connectivity index (χ1) is 8.24. The van der Waals surface area contributed by atoms with Crippen LogP contribution in [0.4, 0.5) is 10.1 Å². The Hall–Kier alpha value is -2.73. The van der Waals surface area contributed by atoms with Crippen molar-refractivity contribution in [2.45, 2.75) is 0 Å². The van der Waals surface area contributed by atoms with Gasteiger partial charge in [0, 0.05) is 18.3 Å². The molecule has 1 aliphatic rings. The zero-order chi connectivity index (χ0) is 12.3. The number of hydrogen-bond acceptors (Lipinski definition) is 5. The van der Waals surface area contributed by atoms with Crippen LogP contribution in [-0.4, -0.2) is 6.79 Å². The van der Waals surface area contributed by atoms with Crippen LogP contribution >= 0.6 is 0 Å². The van der Waals surface area contributed by atoms with E-state index in [9.17, 15) is 4.39 Å². The summed E-state index contributed by atoms with van der Waals surface area (Å²) in [5.74, 6) is 0.191. The number of nitriles is 2. The van der Waals surface area contributed by atoms with Gasteiger partial charge in [-0.2, -0.15) is 10.5 Å². The highest BCUT2D eigenvalue weighted by Gasteiger charge is 2.16. The first-order valence-corrected chi connectivity index (χ1v) is 4.60. The lowest BCUT2D eigenvalue weighted by molar-refractivity contribution is 0.174. The molecule has 0 aliphatic carbocycles. The Balaban J connectivity index is 2.26. The smallest absolute Gasteiger partial charge is 0.231 e. The van der Waals surface area contributed by atoms with Crippen molar-refractivity contribution < 1.29 is 13.9 Å². The number of nitrogens with one attached hydrogen (secondary N) is 1. The number of fused-ring (bicyclic) bond motifs is 1. The molecule has 0 aromatic heterocycles. The number of anilines is 1. The fourth-order valence-electron chi connectivity index (χ4n) is 1.27. The molecule has 0 atom stereocenters. The van der Waals surface area contributed by atoms with Crippen LogP contribution in [0.25, 0.3) is 0 Å². The maximum Gasteiger partial charge on any atom is 0.231 e. The topological polar surface area (TPSA) is 78.1 Å². The van der Waals surface area contributed by atoms with E-state index in [1.165, 1.54) is 12.1 Å². The summed E-state index contributed by atoms with van der Waals surface area (Å²) >= 11 is 0. The Morgan fingerprint density at radius 3 is 2.59 bits per heavy atom. The zero-order valence-corrected chi connectivity index (χ0v) is 8.53. The molecule has 2 rings (SSSR count). The molecule has 1 N–H and O–H groups in total. The fourth-order valence-corrected chi connectivity index (χ4v) is 1.27. The minimum atomic E-state index is -0.555. The monoisotopic (exact) mass is 231 g/mol. The van der Waals surface area contributed by atoms with Crippen LogP contribution in [0.5, 0.6) is 11.5 Å². The predicted octanol–water partition coefficient (Wildman–Crippen LogP) is 1.90. The lowest BCUT2D eigenvalue weighted by Gasteiger charge is -2.04. The quantitative estimate of drug-likeness (QED) is 0.786. The number of rotatable bonds is 2. The average Bonchev–Trinajstić information content (AvgIpc) is 2.77. The lowest BCUT2D eigenvalue weighted by atomic mass is 10.2. The van der Waals surface area contributed by atoms with E-state index in [2.05, 4.69) is 5.32 Å². The SMILES string of the molecule is N#CC(C#N)=CNc1cc2c(cc1F)OCO2. The molecule has 1 heterocycles. The number of halogens is 1. The van der Waals surface area contributed by atoms with Gasteiger partial charge in [-0.25, -0.2) is 4.39 Å². The first kappa shape index (κ1) is 10.8. The van der Waals surface area contributed by atoms with Crippen LogP contribution in [-0.2, 0) is 0 Å². The number of benzene rings is 1. The molecule has 0 bridgehead atoms. The highest BCUT2D eigenvalue weighted by atomic mass is 19.1. The first-order valence-electron chi connectivity index (χ1n) is 4.60. The van der Waals surface area contributed by atoms with Crippen molar-refractivity contribution in [1.29, 1.82) is 10.5 Å². The van der Waals surface area contributed by atoms with Crippen LogP contribution < -0.4 is 14.8 Å². The molecule has 84 valence electrons. The molecule has 1 aromatic carbocycles. The van der Waals surface area contributed by atoms with Crippen molar-refractivity contribution in [2.75, 3.05) is 12.1 Å². The molecule has 17 heavy (non-hydrogen) atoms. The second kappa shape index (κ2) is 4.42. The van der Waals surface area contributed by atoms with Gasteiger partial charge >= 0.3 is 0 Å². The third-order valence-electron chi connectivity index (χ3n) is 2.08. The van der Waals surface area contributed by atoms with E-state index in [4.69, 9.17) is 20.0 Å². The molecule has 0 amide bonds. The highest BCUT2D eigenvalue weighted by Crippen LogP contribution is 2.36. The molecule has 0 radical (unpaired) electrons. The highest BCUT2D eigenvalue weighted by molar-refractivity contribution is 5.58. The van der Waals surface area contributed by atoms with E-state index in [0.29, 0.717) is 11.5 Å². The van der Waals surface area contributed by atoms with Gasteiger partial charge in [0.05, 0.1) is 5.69 Å². The van der Waals surface area contributed by atoms with E-state index >= 15 is 0 Å². The van der Waals surface area contributed by atoms with Crippen LogP contribution in [0.3, 0.4) is 0 Å². The summed E-state index contributed by atoms with van der Waals surface area (Å²) in [6.07, 6.45) is 1.13. The molecule has 0 saturated carbocycles. The van der Waals surface area contributed by atoms with Gasteiger partial charge in [0.1, 0.15) is 17.7 Å². The molecular weight excluding hydrogens is 225 g/mol. The molecule has 0 unspecified atom stereocenters. The Labute approximate surface area is 96.3 Å². The van der Waals surface area contributed by atoms with E-state index in [0.717, 1.165) is 6.20 Å². The van der Waals surface area contributed by atoms with Gasteiger partial charge in [0.25, 0.3) is 0 Å². The second-order valence-corrected chi connectivity index (χ2v) is 3.11. The molecule has 0 spiro atoms. The van der Waals surface area contributed by atoms with Crippen LogP contribution in [0.1, 0.15) is 0 Å². The fraction of sp³-hybridized carbons (Fsp3) is 0.0909. The van der Waals surface area contributed by atoms with Gasteiger partial charge in [-0.3, -0.25) is 0 Å². The Morgan fingerprint density at radius 1 is 1.29 bits per heavy atom. The lowest BCUT2D eigenvalue weighted by Crippen LogP contribution is -1.93. The Kier molecular flexibility index (Phi) is 2.80. The van der Waals surface area contributed by atoms with Crippen molar-refractivity contribution in [3.05, 3.63) is 29.7 Å². The van der Waals surface area contributed by atoms with Gasteiger partial charge in [0.2, 0.25) is 6.79 Å². The summed E-state index contributed by atoms with van der Waals surface area (Å²) in [5, 5.41) is 19.5. The molecular formula is C11H6FN3O2. The predicted molar refractivity (Wildman–Crippen MR) is 55.5 cm³/mol. The third-order valence-corrected chi connectivity index (χ3v) is 2.08. The summed E-state index contributed by atoms with van der Waals surface area (Å²) < 4.78 is 23.6. The summed E-state index contributed by atoms with van der Waals surface area (Å²) in [5.41, 5.74) is -0.0423. The average molecular weight is 231 g/mol. The minimum absolute atomic E-state index is 0.0513. The van der Waals surface area contributed by atoms with Crippen molar-refractivity contribution in [3.8, 4) is 23.6 Å². The van der Waals surface area contributed by atoms with Gasteiger partial charge in [-0.15, -0.1) is 0 Å². The maximum absolute atomic E-state index is 13.5. The van der Waals surface area contributed by atoms with Gasteiger partial charge in [-0.1, -0.05) is 0 Å². The zero-order valence-electron chi connectivity index (χ0n) is 8.53. The molecule has 0 saturated heterocycles. The van der Waals surface area contributed by atoms with Crippen LogP contribution in [0.2, 0.25) is 0 Å². The third kappa shape index (κ3) is 2.11. The number of ether oxygens (including phenoxy) is 2. The normalized spacial score (nSPS) is 11.2. The number of allylic oxidation sites excluding steroid dienone is 1. The summed E-state index contributed by atoms with van der Waals surface area (Å²) in [7, 11) is 0. The van der Waals surface area contributed by atoms with Crippen LogP contribution in [0.15, 0.2) is 23.9 Å². The standard InChI is InChI=1S/C11H6FN3O2/c12-8-1-10-11(17-6-16-10)2-9(8)15-5-7(3-13)4-14/h1-2,5,15H,6H2. The second-order valence-electron chi connectivity index (χ2n) is 3.11. The molecule has 0 fully saturated rings. The maximum atomic E-state index is 13.5. The largest absolute Gasteiger partial charge is 0.454 e. The van der Waals surface area contributed by atoms with E-state index in [1.807, 2.05) is 0 Å². The van der Waals surface area contributed by atoms with E-state index in [-0.39, 0.29) is 18.1 Å². The van der Waals surface area contributed by atoms with Gasteiger partial charge in [-0.05, 0) is 0 Å². The van der Waals surface area contributed by atoms with E-state index < -0.39 is 5.82 Å². The van der Waals surface area contributed by atoms with Crippen molar-refractivity contribution in [2.24, 2.45) is 0 Å². The molecule has 1 aliphatic heterocycles. The van der Waals surface area contributed by atoms with Gasteiger partial charge < -0.3 is 14.8 Å². The minimum Gasteiger partial charge on any atom is -0.454 e. The summed E-state index contributed by atoms with van der Waals surface area (Å²) in [4.78, 5) is 0. The molecule has 1 aromatic rings. The van der Waals surface area contributed by atoms with Crippen molar-refractivity contribution in [3.63, 3.8) is 0 Å². The summed E-state index contributed by atoms with van der Waals surface area (Å²) in [6, 6.07) is 5.89. The van der Waals surface area contributed by atoms with Crippen molar-refractivity contribution >= 4 is 5.69 Å². The van der Waals surface area contributed by atoms with Crippen LogP contribution in [0, 0.1) is 28.5 Å². The molecule has 6 heteroatoms. The van der Waals surface area contributed by atoms with Gasteiger partial charge in [0.15, 0.2) is 17.3 Å². The molecule has 5 nitrogen and oxygen atoms in total. The number of nitrogens with zero attached hydrogens (tertiary/aromatic N) is 2. The Bertz CT molecular complexity index is 553. The summed E-state index contributed by atoms with van der Waals surface area (Å²) in [6.45, 7) is 0.0513. The van der Waals surface area contributed by atoms with Crippen molar-refractivity contribution in [1.82, 2.24) is 0 Å². The van der Waals surface area contributed by atoms with E-state index in [1.54, 1.807) is 12.1 Å². The number of hydrogen-bond donors (Lipinski definition) is 1. The Morgan fingerprint density at radius 2 is 1.94 bits per heavy atom.